The summed E-state index contributed by atoms with van der Waals surface area (Å²) < 4.78 is 25.2. The summed E-state index contributed by atoms with van der Waals surface area (Å²) in [5.41, 5.74) is 9.66. The van der Waals surface area contributed by atoms with E-state index in [1.165, 1.54) is 12.4 Å². The summed E-state index contributed by atoms with van der Waals surface area (Å²) in [7, 11) is 0. The second kappa shape index (κ2) is 22.3. The summed E-state index contributed by atoms with van der Waals surface area (Å²) in [5, 5.41) is 54.1. The second-order valence-electron chi connectivity index (χ2n) is 14.4. The van der Waals surface area contributed by atoms with E-state index in [1.54, 1.807) is 24.5 Å². The lowest BCUT2D eigenvalue weighted by Crippen LogP contribution is -2.18. The maximum atomic E-state index is 10.5. The van der Waals surface area contributed by atoms with Crippen molar-refractivity contribution < 1.29 is 29.2 Å². The zero-order chi connectivity index (χ0) is 43.7. The van der Waals surface area contributed by atoms with Crippen LogP contribution in [0.15, 0.2) is 104 Å². The van der Waals surface area contributed by atoms with Gasteiger partial charge < -0.3 is 39.8 Å². The van der Waals surface area contributed by atoms with E-state index in [1.807, 2.05) is 80.6 Å². The molecule has 2 heterocycles. The van der Waals surface area contributed by atoms with Crippen LogP contribution in [0.4, 0.5) is 0 Å². The Hall–Kier alpha value is -7.31. The summed E-state index contributed by atoms with van der Waals surface area (Å²) in [6.45, 7) is 6.48. The first-order chi connectivity index (χ1) is 30.3. The molecular weight excluding hydrogens is 783 g/mol. The van der Waals surface area contributed by atoms with E-state index in [4.69, 9.17) is 18.9 Å². The van der Waals surface area contributed by atoms with E-state index >= 15 is 0 Å². The molecule has 0 bridgehead atoms. The van der Waals surface area contributed by atoms with Crippen molar-refractivity contribution in [3.63, 3.8) is 0 Å². The standard InChI is InChI=1S/C49H47N7O6/c1-33-13-42(27-53-9-11-57)48(60-30-38-15-36(20-50)23-55-25-38)18-46(33)59-29-35-5-3-6-40(17-35)44-8-4-7-41(45(44)22-52)32-62-47-19-49(43(14-34(47)2)28-54-10-12-58)61-31-39-16-37(21-51)24-56-26-39/h3-8,13-19,23-26,53-54,57-58H,9-12,27-32H2,1-2H3. The molecule has 0 saturated heterocycles. The number of aromatic nitrogens is 2. The van der Waals surface area contributed by atoms with Crippen molar-refractivity contribution in [2.45, 2.75) is 53.4 Å². The fraction of sp³-hybridized carbons (Fsp3) is 0.245. The molecule has 0 aliphatic rings. The predicted molar refractivity (Wildman–Crippen MR) is 232 cm³/mol. The first kappa shape index (κ1) is 44.2. The van der Waals surface area contributed by atoms with Crippen molar-refractivity contribution in [2.75, 3.05) is 26.3 Å². The highest BCUT2D eigenvalue weighted by molar-refractivity contribution is 5.72. The van der Waals surface area contributed by atoms with E-state index in [9.17, 15) is 26.0 Å². The van der Waals surface area contributed by atoms with Crippen LogP contribution in [0.5, 0.6) is 23.0 Å². The minimum atomic E-state index is -0.000194. The third kappa shape index (κ3) is 11.9. The van der Waals surface area contributed by atoms with E-state index in [0.29, 0.717) is 71.4 Å². The Morgan fingerprint density at radius 2 is 1.05 bits per heavy atom. The lowest BCUT2D eigenvalue weighted by Gasteiger charge is -2.18. The molecule has 62 heavy (non-hydrogen) atoms. The molecule has 0 aliphatic carbocycles. The van der Waals surface area contributed by atoms with Crippen LogP contribution in [0.2, 0.25) is 0 Å². The lowest BCUT2D eigenvalue weighted by molar-refractivity contribution is 0.281. The summed E-state index contributed by atoms with van der Waals surface area (Å²) in [6, 6.07) is 31.3. The monoisotopic (exact) mass is 829 g/mol. The van der Waals surface area contributed by atoms with Gasteiger partial charge in [0.05, 0.1) is 29.9 Å². The Balaban J connectivity index is 1.18. The SMILES string of the molecule is Cc1cc(CNCCO)c(OCc2cncc(C#N)c2)cc1OCc1cccc(-c2cccc(COc3cc(OCc4cncc(C#N)c4)c(CNCCO)cc3C)c2C#N)c1. The van der Waals surface area contributed by atoms with Crippen LogP contribution in [0.1, 0.15) is 61.2 Å². The third-order valence-electron chi connectivity index (χ3n) is 9.84. The molecule has 0 aliphatic heterocycles. The fourth-order valence-electron chi connectivity index (χ4n) is 6.73. The molecule has 0 saturated carbocycles. The number of hydrogen-bond acceptors (Lipinski definition) is 13. The number of aliphatic hydroxyl groups excluding tert-OH is 2. The average molecular weight is 830 g/mol. The first-order valence-corrected chi connectivity index (χ1v) is 20.0. The number of rotatable bonds is 21. The number of nitriles is 3. The molecule has 0 fully saturated rings. The van der Waals surface area contributed by atoms with Crippen LogP contribution >= 0.6 is 0 Å². The van der Waals surface area contributed by atoms with Crippen molar-refractivity contribution in [1.29, 1.82) is 15.8 Å². The van der Waals surface area contributed by atoms with Gasteiger partial charge in [0.25, 0.3) is 0 Å². The lowest BCUT2D eigenvalue weighted by atomic mass is 9.95. The van der Waals surface area contributed by atoms with E-state index in [-0.39, 0.29) is 39.6 Å². The third-order valence-corrected chi connectivity index (χ3v) is 9.84. The highest BCUT2D eigenvalue weighted by atomic mass is 16.5. The van der Waals surface area contributed by atoms with Gasteiger partial charge in [0.1, 0.15) is 67.6 Å². The number of nitrogens with zero attached hydrogens (tertiary/aromatic N) is 5. The molecule has 13 nitrogen and oxygen atoms in total. The Labute approximate surface area is 361 Å². The van der Waals surface area contributed by atoms with Crippen molar-refractivity contribution in [3.8, 4) is 52.3 Å². The summed E-state index contributed by atoms with van der Waals surface area (Å²) >= 11 is 0. The number of nitrogens with one attached hydrogen (secondary N) is 2. The Kier molecular flexibility index (Phi) is 15.9. The minimum absolute atomic E-state index is 0.000194. The molecule has 314 valence electrons. The quantitative estimate of drug-likeness (QED) is 0.0550. The minimum Gasteiger partial charge on any atom is -0.488 e. The molecule has 2 aromatic heterocycles. The van der Waals surface area contributed by atoms with Gasteiger partial charge in [-0.3, -0.25) is 9.97 Å². The highest BCUT2D eigenvalue weighted by Gasteiger charge is 2.16. The summed E-state index contributed by atoms with van der Waals surface area (Å²) in [4.78, 5) is 8.27. The number of hydrogen-bond donors (Lipinski definition) is 4. The number of aryl methyl sites for hydroxylation is 2. The number of aliphatic hydroxyl groups is 2. The van der Waals surface area contributed by atoms with E-state index in [0.717, 1.165) is 50.1 Å². The first-order valence-electron chi connectivity index (χ1n) is 20.0. The average Bonchev–Trinajstić information content (AvgIpc) is 3.30. The van der Waals surface area contributed by atoms with Gasteiger partial charge in [0.2, 0.25) is 0 Å². The Morgan fingerprint density at radius 1 is 0.532 bits per heavy atom. The van der Waals surface area contributed by atoms with E-state index in [2.05, 4.69) is 38.8 Å². The molecule has 0 amide bonds. The van der Waals surface area contributed by atoms with Gasteiger partial charge in [-0.2, -0.15) is 15.8 Å². The molecule has 6 aromatic rings. The van der Waals surface area contributed by atoms with Gasteiger partial charge in [-0.25, -0.2) is 0 Å². The van der Waals surface area contributed by atoms with Gasteiger partial charge in [0.15, 0.2) is 0 Å². The maximum absolute atomic E-state index is 10.5. The predicted octanol–water partition coefficient (Wildman–Crippen LogP) is 6.86. The normalized spacial score (nSPS) is 10.7. The molecular formula is C49H47N7O6. The molecule has 0 atom stereocenters. The van der Waals surface area contributed by atoms with Crippen molar-refractivity contribution in [3.05, 3.63) is 165 Å². The van der Waals surface area contributed by atoms with Gasteiger partial charge in [0, 0.05) is 90.9 Å². The van der Waals surface area contributed by atoms with Gasteiger partial charge in [-0.05, 0) is 72.0 Å². The summed E-state index contributed by atoms with van der Waals surface area (Å²) in [5.74, 6) is 2.42. The second-order valence-corrected chi connectivity index (χ2v) is 14.4. The molecule has 0 spiro atoms. The zero-order valence-corrected chi connectivity index (χ0v) is 34.6. The van der Waals surface area contributed by atoms with Crippen LogP contribution in [0, 0.1) is 47.8 Å². The summed E-state index contributed by atoms with van der Waals surface area (Å²) in [6.07, 6.45) is 6.32. The molecule has 13 heteroatoms. The van der Waals surface area contributed by atoms with Crippen molar-refractivity contribution >= 4 is 0 Å². The van der Waals surface area contributed by atoms with Crippen LogP contribution in [-0.2, 0) is 39.5 Å². The van der Waals surface area contributed by atoms with E-state index < -0.39 is 0 Å². The smallest absolute Gasteiger partial charge is 0.128 e. The van der Waals surface area contributed by atoms with Gasteiger partial charge in [-0.1, -0.05) is 36.4 Å². The fourth-order valence-corrected chi connectivity index (χ4v) is 6.73. The van der Waals surface area contributed by atoms with Crippen molar-refractivity contribution in [2.24, 2.45) is 0 Å². The molecule has 6 rings (SSSR count). The zero-order valence-electron chi connectivity index (χ0n) is 34.6. The maximum Gasteiger partial charge on any atom is 0.128 e. The largest absolute Gasteiger partial charge is 0.488 e. The van der Waals surface area contributed by atoms with Crippen LogP contribution in [0.25, 0.3) is 11.1 Å². The molecule has 0 radical (unpaired) electrons. The highest BCUT2D eigenvalue weighted by Crippen LogP contribution is 2.34. The van der Waals surface area contributed by atoms with Crippen molar-refractivity contribution in [1.82, 2.24) is 20.6 Å². The molecule has 0 unspecified atom stereocenters. The van der Waals surface area contributed by atoms with Crippen LogP contribution in [-0.4, -0.2) is 46.5 Å². The van der Waals surface area contributed by atoms with Crippen LogP contribution < -0.4 is 29.6 Å². The number of benzene rings is 4. The molecule has 4 aromatic carbocycles. The van der Waals surface area contributed by atoms with Gasteiger partial charge in [-0.15, -0.1) is 0 Å². The Morgan fingerprint density at radius 3 is 1.58 bits per heavy atom. The molecule has 4 N–H and O–H groups in total. The Bertz CT molecular complexity index is 2610. The number of ether oxygens (including phenoxy) is 4. The topological polar surface area (TPSA) is 199 Å². The van der Waals surface area contributed by atoms with Gasteiger partial charge >= 0.3 is 0 Å². The van der Waals surface area contributed by atoms with Crippen LogP contribution in [0.3, 0.4) is 0 Å². The number of pyridine rings is 2.